The molecular weight excluding hydrogens is 306 g/mol. The van der Waals surface area contributed by atoms with Crippen LogP contribution in [0.4, 0.5) is 0 Å². The topological polar surface area (TPSA) is 55.6 Å². The second-order valence-electron chi connectivity index (χ2n) is 4.58. The first kappa shape index (κ1) is 14.1. The van der Waals surface area contributed by atoms with Gasteiger partial charge in [0.2, 0.25) is 0 Å². The zero-order valence-electron chi connectivity index (χ0n) is 11.4. The number of nitrogens with zero attached hydrogens (tertiary/aromatic N) is 4. The maximum Gasteiger partial charge on any atom is 0.173 e. The van der Waals surface area contributed by atoms with Crippen molar-refractivity contribution in [2.45, 2.75) is 33.2 Å². The van der Waals surface area contributed by atoms with E-state index in [2.05, 4.69) is 69.7 Å². The lowest BCUT2D eigenvalue weighted by atomic mass is 10.2. The van der Waals surface area contributed by atoms with Crippen LogP contribution in [-0.4, -0.2) is 26.8 Å². The van der Waals surface area contributed by atoms with Crippen LogP contribution in [0.3, 0.4) is 0 Å². The Morgan fingerprint density at radius 2 is 2.21 bits per heavy atom. The van der Waals surface area contributed by atoms with Crippen LogP contribution in [0.2, 0.25) is 0 Å². The molecule has 0 bridgehead atoms. The van der Waals surface area contributed by atoms with Crippen molar-refractivity contribution in [1.82, 2.24) is 25.5 Å². The highest BCUT2D eigenvalue weighted by Crippen LogP contribution is 2.23. The summed E-state index contributed by atoms with van der Waals surface area (Å²) < 4.78 is 2.76. The van der Waals surface area contributed by atoms with Crippen LogP contribution in [0, 0.1) is 6.92 Å². The number of tetrazole rings is 1. The minimum Gasteiger partial charge on any atom is -0.307 e. The van der Waals surface area contributed by atoms with Gasteiger partial charge in [-0.05, 0) is 70.9 Å². The average molecular weight is 324 g/mol. The summed E-state index contributed by atoms with van der Waals surface area (Å²) >= 11 is 3.57. The van der Waals surface area contributed by atoms with Gasteiger partial charge >= 0.3 is 0 Å². The highest BCUT2D eigenvalue weighted by atomic mass is 79.9. The predicted octanol–water partition coefficient (Wildman–Crippen LogP) is 2.79. The maximum absolute atomic E-state index is 4.13. The van der Waals surface area contributed by atoms with E-state index in [0.717, 1.165) is 29.0 Å². The van der Waals surface area contributed by atoms with E-state index in [9.17, 15) is 0 Å². The second kappa shape index (κ2) is 6.25. The van der Waals surface area contributed by atoms with E-state index in [0.29, 0.717) is 0 Å². The van der Waals surface area contributed by atoms with Gasteiger partial charge in [0.25, 0.3) is 0 Å². The molecule has 1 aromatic carbocycles. The van der Waals surface area contributed by atoms with E-state index in [4.69, 9.17) is 0 Å². The molecule has 1 N–H and O–H groups in total. The molecule has 19 heavy (non-hydrogen) atoms. The van der Waals surface area contributed by atoms with E-state index >= 15 is 0 Å². The lowest BCUT2D eigenvalue weighted by Gasteiger charge is -2.13. The summed E-state index contributed by atoms with van der Waals surface area (Å²) in [5.41, 5.74) is 2.15. The average Bonchev–Trinajstić information content (AvgIpc) is 2.85. The first-order valence-corrected chi connectivity index (χ1v) is 7.21. The summed E-state index contributed by atoms with van der Waals surface area (Å²) in [6.07, 6.45) is 1.08. The molecule has 2 aromatic rings. The van der Waals surface area contributed by atoms with Crippen molar-refractivity contribution >= 4 is 15.9 Å². The number of aromatic nitrogens is 4. The standard InChI is InChI=1S/C13H18BrN5/c1-4-7-15-10(3)13-16-17-18-19(13)12-6-5-9(2)8-11(12)14/h5-6,8,10,15H,4,7H2,1-3H3. The second-order valence-corrected chi connectivity index (χ2v) is 5.43. The molecule has 102 valence electrons. The van der Waals surface area contributed by atoms with Crippen molar-refractivity contribution < 1.29 is 0 Å². The van der Waals surface area contributed by atoms with Gasteiger partial charge in [-0.2, -0.15) is 4.68 Å². The van der Waals surface area contributed by atoms with E-state index in [-0.39, 0.29) is 6.04 Å². The Balaban J connectivity index is 2.33. The Morgan fingerprint density at radius 3 is 2.89 bits per heavy atom. The quantitative estimate of drug-likeness (QED) is 0.919. The minimum atomic E-state index is 0.114. The maximum atomic E-state index is 4.13. The minimum absolute atomic E-state index is 0.114. The molecule has 1 aromatic heterocycles. The largest absolute Gasteiger partial charge is 0.307 e. The van der Waals surface area contributed by atoms with E-state index < -0.39 is 0 Å². The summed E-state index contributed by atoms with van der Waals surface area (Å²) in [5.74, 6) is 0.818. The third-order valence-electron chi connectivity index (χ3n) is 2.91. The lowest BCUT2D eigenvalue weighted by Crippen LogP contribution is -2.22. The van der Waals surface area contributed by atoms with Gasteiger partial charge in [-0.25, -0.2) is 0 Å². The van der Waals surface area contributed by atoms with Crippen molar-refractivity contribution in [2.75, 3.05) is 6.54 Å². The van der Waals surface area contributed by atoms with Crippen molar-refractivity contribution in [2.24, 2.45) is 0 Å². The van der Waals surface area contributed by atoms with Crippen LogP contribution >= 0.6 is 15.9 Å². The van der Waals surface area contributed by atoms with Crippen molar-refractivity contribution in [1.29, 1.82) is 0 Å². The molecule has 0 aliphatic carbocycles. The normalized spacial score (nSPS) is 12.6. The summed E-state index contributed by atoms with van der Waals surface area (Å²) in [6, 6.07) is 6.25. The fourth-order valence-corrected chi connectivity index (χ4v) is 2.53. The molecule has 5 nitrogen and oxygen atoms in total. The molecule has 2 rings (SSSR count). The van der Waals surface area contributed by atoms with Crippen LogP contribution in [0.5, 0.6) is 0 Å². The van der Waals surface area contributed by atoms with Crippen LogP contribution < -0.4 is 5.32 Å². The summed E-state index contributed by atoms with van der Waals surface area (Å²) in [5, 5.41) is 15.4. The summed E-state index contributed by atoms with van der Waals surface area (Å²) in [4.78, 5) is 0. The molecule has 1 heterocycles. The molecule has 0 saturated carbocycles. The van der Waals surface area contributed by atoms with Crippen LogP contribution in [0.25, 0.3) is 5.69 Å². The monoisotopic (exact) mass is 323 g/mol. The van der Waals surface area contributed by atoms with Crippen molar-refractivity contribution in [3.05, 3.63) is 34.1 Å². The number of benzene rings is 1. The molecular formula is C13H18BrN5. The van der Waals surface area contributed by atoms with E-state index in [1.807, 2.05) is 6.07 Å². The SMILES string of the molecule is CCCNC(C)c1nnnn1-c1ccc(C)cc1Br. The Kier molecular flexibility index (Phi) is 4.66. The van der Waals surface area contributed by atoms with Gasteiger partial charge in [0.15, 0.2) is 5.82 Å². The third kappa shape index (κ3) is 3.19. The number of hydrogen-bond acceptors (Lipinski definition) is 4. The van der Waals surface area contributed by atoms with Gasteiger partial charge in [0, 0.05) is 4.47 Å². The molecule has 0 saturated heterocycles. The first-order chi connectivity index (χ1) is 9.13. The molecule has 0 spiro atoms. The van der Waals surface area contributed by atoms with Gasteiger partial charge in [-0.3, -0.25) is 0 Å². The van der Waals surface area contributed by atoms with Gasteiger partial charge in [-0.1, -0.05) is 13.0 Å². The summed E-state index contributed by atoms with van der Waals surface area (Å²) in [7, 11) is 0. The van der Waals surface area contributed by atoms with Crippen LogP contribution in [0.1, 0.15) is 37.7 Å². The Labute approximate surface area is 121 Å². The highest BCUT2D eigenvalue weighted by Gasteiger charge is 2.16. The predicted molar refractivity (Wildman–Crippen MR) is 78.3 cm³/mol. The number of halogens is 1. The van der Waals surface area contributed by atoms with Crippen LogP contribution in [0.15, 0.2) is 22.7 Å². The molecule has 0 fully saturated rings. The Hall–Kier alpha value is -1.27. The molecule has 0 aliphatic heterocycles. The smallest absolute Gasteiger partial charge is 0.173 e. The fourth-order valence-electron chi connectivity index (χ4n) is 1.87. The lowest BCUT2D eigenvalue weighted by molar-refractivity contribution is 0.531. The molecule has 1 atom stereocenters. The van der Waals surface area contributed by atoms with E-state index in [1.54, 1.807) is 4.68 Å². The van der Waals surface area contributed by atoms with Crippen molar-refractivity contribution in [3.63, 3.8) is 0 Å². The number of nitrogens with one attached hydrogen (secondary N) is 1. The molecule has 0 aliphatic rings. The molecule has 0 amide bonds. The van der Waals surface area contributed by atoms with Gasteiger partial charge in [0.05, 0.1) is 11.7 Å². The Bertz CT molecular complexity index is 552. The van der Waals surface area contributed by atoms with Gasteiger partial charge in [0.1, 0.15) is 0 Å². The molecule has 1 unspecified atom stereocenters. The van der Waals surface area contributed by atoms with Gasteiger partial charge in [-0.15, -0.1) is 5.10 Å². The zero-order chi connectivity index (χ0) is 13.8. The Morgan fingerprint density at radius 1 is 1.42 bits per heavy atom. The summed E-state index contributed by atoms with van der Waals surface area (Å²) in [6.45, 7) is 7.21. The highest BCUT2D eigenvalue weighted by molar-refractivity contribution is 9.10. The van der Waals surface area contributed by atoms with Crippen molar-refractivity contribution in [3.8, 4) is 5.69 Å². The first-order valence-electron chi connectivity index (χ1n) is 6.41. The number of rotatable bonds is 5. The fraction of sp³-hybridized carbons (Fsp3) is 0.462. The zero-order valence-corrected chi connectivity index (χ0v) is 13.0. The number of aryl methyl sites for hydroxylation is 1. The third-order valence-corrected chi connectivity index (χ3v) is 3.55. The molecule has 0 radical (unpaired) electrons. The van der Waals surface area contributed by atoms with E-state index in [1.165, 1.54) is 5.56 Å². The molecule has 6 heteroatoms. The van der Waals surface area contributed by atoms with Crippen LogP contribution in [-0.2, 0) is 0 Å². The number of hydrogen-bond donors (Lipinski definition) is 1. The van der Waals surface area contributed by atoms with Gasteiger partial charge < -0.3 is 5.32 Å².